The van der Waals surface area contributed by atoms with Crippen molar-refractivity contribution < 1.29 is 9.59 Å². The van der Waals surface area contributed by atoms with E-state index in [1.54, 1.807) is 0 Å². The average molecular weight is 318 g/mol. The Labute approximate surface area is 140 Å². The Morgan fingerprint density at radius 2 is 1.48 bits per heavy atom. The Balaban J connectivity index is 2.91. The van der Waals surface area contributed by atoms with Crippen molar-refractivity contribution >= 4 is 17.5 Å². The molecule has 0 radical (unpaired) electrons. The van der Waals surface area contributed by atoms with E-state index in [0.29, 0.717) is 11.8 Å². The van der Waals surface area contributed by atoms with Crippen molar-refractivity contribution in [3.8, 4) is 0 Å². The molecular weight excluding hydrogens is 288 g/mol. The molecule has 128 valence electrons. The first kappa shape index (κ1) is 19.2. The number of nitrogens with one attached hydrogen (secondary N) is 2. The monoisotopic (exact) mass is 318 g/mol. The Morgan fingerprint density at radius 3 is 1.87 bits per heavy atom. The molecule has 1 aromatic carbocycles. The Hall–Kier alpha value is -1.84. The molecule has 0 saturated heterocycles. The van der Waals surface area contributed by atoms with Crippen LogP contribution in [0.3, 0.4) is 0 Å². The fourth-order valence-corrected chi connectivity index (χ4v) is 2.30. The van der Waals surface area contributed by atoms with Crippen LogP contribution in [0, 0.1) is 5.41 Å². The standard InChI is InChI=1S/C19H30N2O2/c1-12(2)14-9-8-10-15(13(3)4)17(14)21-16(22)11-20-18(23)19(5,6)7/h8-10,12-13H,11H2,1-7H3,(H,20,23)(H,21,22). The van der Waals surface area contributed by atoms with E-state index in [2.05, 4.69) is 38.3 Å². The van der Waals surface area contributed by atoms with Crippen molar-refractivity contribution in [1.82, 2.24) is 5.32 Å². The summed E-state index contributed by atoms with van der Waals surface area (Å²) in [6, 6.07) is 6.11. The molecule has 4 nitrogen and oxygen atoms in total. The lowest BCUT2D eigenvalue weighted by molar-refractivity contribution is -0.130. The summed E-state index contributed by atoms with van der Waals surface area (Å²) < 4.78 is 0. The molecule has 0 spiro atoms. The van der Waals surface area contributed by atoms with E-state index in [0.717, 1.165) is 16.8 Å². The van der Waals surface area contributed by atoms with Crippen molar-refractivity contribution in [3.05, 3.63) is 29.3 Å². The Bertz CT molecular complexity index is 543. The maximum atomic E-state index is 12.3. The van der Waals surface area contributed by atoms with Crippen molar-refractivity contribution in [1.29, 1.82) is 0 Å². The Morgan fingerprint density at radius 1 is 1.00 bits per heavy atom. The maximum Gasteiger partial charge on any atom is 0.243 e. The summed E-state index contributed by atoms with van der Waals surface area (Å²) >= 11 is 0. The second-order valence-corrected chi connectivity index (χ2v) is 7.60. The van der Waals surface area contributed by atoms with Crippen molar-refractivity contribution in [2.75, 3.05) is 11.9 Å². The highest BCUT2D eigenvalue weighted by molar-refractivity contribution is 5.96. The molecule has 0 saturated carbocycles. The number of hydrogen-bond acceptors (Lipinski definition) is 2. The minimum atomic E-state index is -0.501. The molecule has 2 amide bonds. The van der Waals surface area contributed by atoms with Gasteiger partial charge in [0.2, 0.25) is 11.8 Å². The first-order valence-electron chi connectivity index (χ1n) is 8.25. The zero-order chi connectivity index (χ0) is 17.8. The van der Waals surface area contributed by atoms with E-state index >= 15 is 0 Å². The fraction of sp³-hybridized carbons (Fsp3) is 0.579. The molecule has 0 atom stereocenters. The summed E-state index contributed by atoms with van der Waals surface area (Å²) in [6.07, 6.45) is 0. The molecule has 2 N–H and O–H groups in total. The number of benzene rings is 1. The molecule has 1 rings (SSSR count). The van der Waals surface area contributed by atoms with Gasteiger partial charge in [-0.3, -0.25) is 9.59 Å². The van der Waals surface area contributed by atoms with E-state index < -0.39 is 5.41 Å². The molecule has 23 heavy (non-hydrogen) atoms. The number of para-hydroxylation sites is 1. The summed E-state index contributed by atoms with van der Waals surface area (Å²) in [7, 11) is 0. The minimum Gasteiger partial charge on any atom is -0.347 e. The molecule has 0 unspecified atom stereocenters. The molecule has 0 heterocycles. The highest BCUT2D eigenvalue weighted by atomic mass is 16.2. The topological polar surface area (TPSA) is 58.2 Å². The van der Waals surface area contributed by atoms with E-state index in [1.165, 1.54) is 0 Å². The van der Waals surface area contributed by atoms with Gasteiger partial charge >= 0.3 is 0 Å². The molecule has 0 fully saturated rings. The zero-order valence-electron chi connectivity index (χ0n) is 15.4. The van der Waals surface area contributed by atoms with E-state index in [-0.39, 0.29) is 18.4 Å². The second-order valence-electron chi connectivity index (χ2n) is 7.60. The van der Waals surface area contributed by atoms with Crippen LogP contribution >= 0.6 is 0 Å². The van der Waals surface area contributed by atoms with Crippen LogP contribution < -0.4 is 10.6 Å². The first-order valence-corrected chi connectivity index (χ1v) is 8.25. The highest BCUT2D eigenvalue weighted by Crippen LogP contribution is 2.32. The van der Waals surface area contributed by atoms with Crippen LogP contribution in [0.4, 0.5) is 5.69 Å². The smallest absolute Gasteiger partial charge is 0.243 e. The van der Waals surface area contributed by atoms with Gasteiger partial charge in [0.1, 0.15) is 0 Å². The maximum absolute atomic E-state index is 12.3. The lowest BCUT2D eigenvalue weighted by Crippen LogP contribution is -2.39. The van der Waals surface area contributed by atoms with Gasteiger partial charge in [0.25, 0.3) is 0 Å². The van der Waals surface area contributed by atoms with Gasteiger partial charge in [-0.15, -0.1) is 0 Å². The lowest BCUT2D eigenvalue weighted by atomic mass is 9.92. The molecule has 0 aromatic heterocycles. The van der Waals surface area contributed by atoms with E-state index in [9.17, 15) is 9.59 Å². The SMILES string of the molecule is CC(C)c1cccc(C(C)C)c1NC(=O)CNC(=O)C(C)(C)C. The second kappa shape index (κ2) is 7.62. The highest BCUT2D eigenvalue weighted by Gasteiger charge is 2.22. The number of amides is 2. The van der Waals surface area contributed by atoms with Crippen molar-refractivity contribution in [3.63, 3.8) is 0 Å². The van der Waals surface area contributed by atoms with Crippen molar-refractivity contribution in [2.24, 2.45) is 5.41 Å². The molecule has 0 aliphatic carbocycles. The summed E-state index contributed by atoms with van der Waals surface area (Å²) in [5, 5.41) is 5.68. The largest absolute Gasteiger partial charge is 0.347 e. The molecule has 1 aromatic rings. The average Bonchev–Trinajstić information content (AvgIpc) is 2.43. The molecule has 0 aliphatic rings. The molecule has 4 heteroatoms. The summed E-state index contributed by atoms with van der Waals surface area (Å²) in [4.78, 5) is 24.1. The van der Waals surface area contributed by atoms with Gasteiger partial charge < -0.3 is 10.6 Å². The van der Waals surface area contributed by atoms with Crippen LogP contribution in [-0.4, -0.2) is 18.4 Å². The van der Waals surface area contributed by atoms with Crippen LogP contribution in [-0.2, 0) is 9.59 Å². The van der Waals surface area contributed by atoms with Crippen LogP contribution in [0.2, 0.25) is 0 Å². The minimum absolute atomic E-state index is 0.0138. The summed E-state index contributed by atoms with van der Waals surface area (Å²) in [5.74, 6) is 0.299. The van der Waals surface area contributed by atoms with E-state index in [1.807, 2.05) is 39.0 Å². The number of anilines is 1. The first-order chi connectivity index (χ1) is 10.5. The summed E-state index contributed by atoms with van der Waals surface area (Å²) in [5.41, 5.74) is 2.62. The van der Waals surface area contributed by atoms with Crippen LogP contribution in [0.15, 0.2) is 18.2 Å². The molecule has 0 bridgehead atoms. The van der Waals surface area contributed by atoms with Crippen molar-refractivity contribution in [2.45, 2.75) is 60.3 Å². The number of carbonyl (C=O) groups is 2. The number of carbonyl (C=O) groups excluding carboxylic acids is 2. The lowest BCUT2D eigenvalue weighted by Gasteiger charge is -2.21. The van der Waals surface area contributed by atoms with Gasteiger partial charge in [-0.25, -0.2) is 0 Å². The number of hydrogen-bond donors (Lipinski definition) is 2. The molecule has 0 aliphatic heterocycles. The van der Waals surface area contributed by atoms with Crippen LogP contribution in [0.5, 0.6) is 0 Å². The van der Waals surface area contributed by atoms with Gasteiger partial charge in [-0.05, 0) is 23.0 Å². The number of rotatable bonds is 5. The van der Waals surface area contributed by atoms with Gasteiger partial charge in [0.05, 0.1) is 6.54 Å². The third kappa shape index (κ3) is 5.38. The predicted molar refractivity (Wildman–Crippen MR) is 95.7 cm³/mol. The normalized spacial score (nSPS) is 11.7. The third-order valence-electron chi connectivity index (χ3n) is 3.73. The summed E-state index contributed by atoms with van der Waals surface area (Å²) in [6.45, 7) is 13.9. The van der Waals surface area contributed by atoms with Crippen LogP contribution in [0.25, 0.3) is 0 Å². The Kier molecular flexibility index (Phi) is 6.37. The fourth-order valence-electron chi connectivity index (χ4n) is 2.30. The van der Waals surface area contributed by atoms with Gasteiger partial charge in [-0.1, -0.05) is 66.7 Å². The van der Waals surface area contributed by atoms with Crippen LogP contribution in [0.1, 0.15) is 71.4 Å². The van der Waals surface area contributed by atoms with Gasteiger partial charge in [0.15, 0.2) is 0 Å². The van der Waals surface area contributed by atoms with Gasteiger partial charge in [0, 0.05) is 11.1 Å². The quantitative estimate of drug-likeness (QED) is 0.861. The van der Waals surface area contributed by atoms with E-state index in [4.69, 9.17) is 0 Å². The molecular formula is C19H30N2O2. The zero-order valence-corrected chi connectivity index (χ0v) is 15.4. The predicted octanol–water partition coefficient (Wildman–Crippen LogP) is 4.03. The third-order valence-corrected chi connectivity index (χ3v) is 3.73. The van der Waals surface area contributed by atoms with Gasteiger partial charge in [-0.2, -0.15) is 0 Å².